The fourth-order valence-electron chi connectivity index (χ4n) is 5.04. The second-order valence-electron chi connectivity index (χ2n) is 8.60. The quantitative estimate of drug-likeness (QED) is 0.776. The Balaban J connectivity index is 1.39. The van der Waals surface area contributed by atoms with Gasteiger partial charge >= 0.3 is 0 Å². The smallest absolute Gasteiger partial charge is 0.00342 e. The fraction of sp³-hybridized carbons (Fsp3) is 1.00. The summed E-state index contributed by atoms with van der Waals surface area (Å²) in [5.74, 6) is 2.89. The highest BCUT2D eigenvalue weighted by molar-refractivity contribution is 4.92. The normalized spacial score (nSPS) is 29.1. The molecule has 0 aromatic carbocycles. The SMILES string of the molecule is CCN1CC(CN2CCC3(CCC(C(C)C)CC3)CC2)C1. The minimum atomic E-state index is 0.747. The first-order chi connectivity index (χ1) is 10.1. The van der Waals surface area contributed by atoms with Gasteiger partial charge in [-0.2, -0.15) is 0 Å². The molecule has 122 valence electrons. The van der Waals surface area contributed by atoms with Crippen LogP contribution < -0.4 is 0 Å². The summed E-state index contributed by atoms with van der Waals surface area (Å²) in [7, 11) is 0. The van der Waals surface area contributed by atoms with E-state index < -0.39 is 0 Å². The molecule has 21 heavy (non-hydrogen) atoms. The lowest BCUT2D eigenvalue weighted by Gasteiger charge is -2.48. The molecular formula is C19H36N2. The van der Waals surface area contributed by atoms with Crippen LogP contribution in [0.3, 0.4) is 0 Å². The predicted octanol–water partition coefficient (Wildman–Crippen LogP) is 3.87. The molecule has 0 aromatic rings. The van der Waals surface area contributed by atoms with E-state index in [9.17, 15) is 0 Å². The molecule has 2 aliphatic heterocycles. The van der Waals surface area contributed by atoms with Crippen molar-refractivity contribution in [1.82, 2.24) is 9.80 Å². The van der Waals surface area contributed by atoms with Crippen LogP contribution in [-0.2, 0) is 0 Å². The Kier molecular flexibility index (Phi) is 4.95. The first-order valence-electron chi connectivity index (χ1n) is 9.55. The third-order valence-electron chi connectivity index (χ3n) is 6.95. The van der Waals surface area contributed by atoms with Crippen molar-refractivity contribution in [2.45, 2.75) is 59.3 Å². The van der Waals surface area contributed by atoms with Gasteiger partial charge in [0, 0.05) is 19.6 Å². The fourth-order valence-corrected chi connectivity index (χ4v) is 5.04. The molecule has 1 saturated carbocycles. The van der Waals surface area contributed by atoms with Gasteiger partial charge in [0.15, 0.2) is 0 Å². The van der Waals surface area contributed by atoms with Crippen molar-refractivity contribution < 1.29 is 0 Å². The van der Waals surface area contributed by atoms with E-state index in [1.54, 1.807) is 0 Å². The third kappa shape index (κ3) is 3.64. The number of likely N-dealkylation sites (tertiary alicyclic amines) is 2. The van der Waals surface area contributed by atoms with Gasteiger partial charge in [-0.05, 0) is 81.3 Å². The maximum atomic E-state index is 2.78. The molecular weight excluding hydrogens is 256 g/mol. The molecule has 0 bridgehead atoms. The van der Waals surface area contributed by atoms with Crippen LogP contribution >= 0.6 is 0 Å². The lowest BCUT2D eigenvalue weighted by atomic mass is 9.64. The Bertz CT molecular complexity index is 314. The molecule has 1 aliphatic carbocycles. The van der Waals surface area contributed by atoms with Crippen LogP contribution in [0, 0.1) is 23.2 Å². The van der Waals surface area contributed by atoms with E-state index in [0.717, 1.165) is 23.2 Å². The standard InChI is InChI=1S/C19H36N2/c1-4-20-13-17(14-20)15-21-11-9-19(10-12-21)7-5-18(6-8-19)16(2)3/h16-18H,4-15H2,1-3H3. The summed E-state index contributed by atoms with van der Waals surface area (Å²) >= 11 is 0. The second kappa shape index (κ2) is 6.58. The molecule has 2 heterocycles. The van der Waals surface area contributed by atoms with Crippen molar-refractivity contribution in [3.8, 4) is 0 Å². The number of nitrogens with zero attached hydrogens (tertiary/aromatic N) is 2. The van der Waals surface area contributed by atoms with Crippen LogP contribution in [0.15, 0.2) is 0 Å². The molecule has 0 aromatic heterocycles. The van der Waals surface area contributed by atoms with Crippen molar-refractivity contribution in [2.75, 3.05) is 39.3 Å². The Morgan fingerprint density at radius 2 is 1.57 bits per heavy atom. The predicted molar refractivity (Wildman–Crippen MR) is 90.5 cm³/mol. The first-order valence-corrected chi connectivity index (χ1v) is 9.55. The van der Waals surface area contributed by atoms with Crippen molar-refractivity contribution in [3.63, 3.8) is 0 Å². The number of hydrogen-bond acceptors (Lipinski definition) is 2. The minimum Gasteiger partial charge on any atom is -0.303 e. The van der Waals surface area contributed by atoms with Crippen LogP contribution in [0.2, 0.25) is 0 Å². The molecule has 1 spiro atoms. The monoisotopic (exact) mass is 292 g/mol. The van der Waals surface area contributed by atoms with Gasteiger partial charge in [0.25, 0.3) is 0 Å². The lowest BCUT2D eigenvalue weighted by molar-refractivity contribution is 0.0162. The van der Waals surface area contributed by atoms with Gasteiger partial charge in [-0.3, -0.25) is 0 Å². The van der Waals surface area contributed by atoms with Gasteiger partial charge in [0.05, 0.1) is 0 Å². The van der Waals surface area contributed by atoms with E-state index in [2.05, 4.69) is 30.6 Å². The van der Waals surface area contributed by atoms with Gasteiger partial charge in [0.2, 0.25) is 0 Å². The Labute approximate surface area is 132 Å². The van der Waals surface area contributed by atoms with Crippen molar-refractivity contribution in [1.29, 1.82) is 0 Å². The van der Waals surface area contributed by atoms with Crippen molar-refractivity contribution >= 4 is 0 Å². The zero-order valence-electron chi connectivity index (χ0n) is 14.6. The molecule has 3 fully saturated rings. The van der Waals surface area contributed by atoms with Gasteiger partial charge < -0.3 is 9.80 Å². The Hall–Kier alpha value is -0.0800. The first kappa shape index (κ1) is 15.8. The van der Waals surface area contributed by atoms with Crippen LogP contribution in [0.4, 0.5) is 0 Å². The molecule has 0 amide bonds. The maximum absolute atomic E-state index is 2.78. The molecule has 2 nitrogen and oxygen atoms in total. The van der Waals surface area contributed by atoms with Gasteiger partial charge in [-0.1, -0.05) is 20.8 Å². The van der Waals surface area contributed by atoms with E-state index in [1.165, 1.54) is 77.8 Å². The van der Waals surface area contributed by atoms with Gasteiger partial charge in [-0.15, -0.1) is 0 Å². The van der Waals surface area contributed by atoms with Crippen molar-refractivity contribution in [2.24, 2.45) is 23.2 Å². The molecule has 0 unspecified atom stereocenters. The van der Waals surface area contributed by atoms with E-state index >= 15 is 0 Å². The number of hydrogen-bond donors (Lipinski definition) is 0. The Morgan fingerprint density at radius 3 is 2.10 bits per heavy atom. The van der Waals surface area contributed by atoms with E-state index in [1.807, 2.05) is 0 Å². The summed E-state index contributed by atoms with van der Waals surface area (Å²) in [6.45, 7) is 15.2. The molecule has 0 atom stereocenters. The molecule has 2 saturated heterocycles. The summed E-state index contributed by atoms with van der Waals surface area (Å²) in [4.78, 5) is 5.35. The zero-order chi connectivity index (χ0) is 14.9. The number of rotatable bonds is 4. The summed E-state index contributed by atoms with van der Waals surface area (Å²) in [5, 5.41) is 0. The molecule has 0 radical (unpaired) electrons. The van der Waals surface area contributed by atoms with Gasteiger partial charge in [0.1, 0.15) is 0 Å². The highest BCUT2D eigenvalue weighted by Gasteiger charge is 2.39. The highest BCUT2D eigenvalue weighted by atomic mass is 15.2. The number of piperidine rings is 1. The largest absolute Gasteiger partial charge is 0.303 e. The highest BCUT2D eigenvalue weighted by Crippen LogP contribution is 2.47. The molecule has 3 rings (SSSR count). The van der Waals surface area contributed by atoms with Crippen molar-refractivity contribution in [3.05, 3.63) is 0 Å². The summed E-state index contributed by atoms with van der Waals surface area (Å²) < 4.78 is 0. The summed E-state index contributed by atoms with van der Waals surface area (Å²) in [6, 6.07) is 0. The van der Waals surface area contributed by atoms with E-state index in [-0.39, 0.29) is 0 Å². The second-order valence-corrected chi connectivity index (χ2v) is 8.60. The lowest BCUT2D eigenvalue weighted by Crippen LogP contribution is -2.53. The average molecular weight is 293 g/mol. The molecule has 0 N–H and O–H groups in total. The van der Waals surface area contributed by atoms with Crippen LogP contribution in [-0.4, -0.2) is 49.1 Å². The average Bonchev–Trinajstić information content (AvgIpc) is 2.45. The summed E-state index contributed by atoms with van der Waals surface area (Å²) in [5.41, 5.74) is 0.747. The third-order valence-corrected chi connectivity index (χ3v) is 6.95. The van der Waals surface area contributed by atoms with E-state index in [0.29, 0.717) is 0 Å². The maximum Gasteiger partial charge on any atom is 0.00342 e. The summed E-state index contributed by atoms with van der Waals surface area (Å²) in [6.07, 6.45) is 9.04. The topological polar surface area (TPSA) is 6.48 Å². The molecule has 2 heteroatoms. The Morgan fingerprint density at radius 1 is 0.952 bits per heavy atom. The van der Waals surface area contributed by atoms with Gasteiger partial charge in [-0.25, -0.2) is 0 Å². The van der Waals surface area contributed by atoms with E-state index in [4.69, 9.17) is 0 Å². The van der Waals surface area contributed by atoms with Crippen LogP contribution in [0.5, 0.6) is 0 Å². The van der Waals surface area contributed by atoms with Crippen LogP contribution in [0.1, 0.15) is 59.3 Å². The minimum absolute atomic E-state index is 0.747. The molecule has 3 aliphatic rings. The zero-order valence-corrected chi connectivity index (χ0v) is 14.6. The van der Waals surface area contributed by atoms with Crippen LogP contribution in [0.25, 0.3) is 0 Å².